The van der Waals surface area contributed by atoms with Gasteiger partial charge < -0.3 is 20.9 Å². The first-order chi connectivity index (χ1) is 10.5. The van der Waals surface area contributed by atoms with E-state index in [4.69, 9.17) is 5.73 Å². The first kappa shape index (κ1) is 19.0. The third-order valence-electron chi connectivity index (χ3n) is 3.76. The average Bonchev–Trinajstić information content (AvgIpc) is 2.94. The van der Waals surface area contributed by atoms with Gasteiger partial charge in [0, 0.05) is 44.2 Å². The van der Waals surface area contributed by atoms with Crippen LogP contribution >= 0.6 is 12.4 Å². The number of hydrogen-bond donors (Lipinski definition) is 3. The predicted octanol–water partition coefficient (Wildman–Crippen LogP) is 1.05. The number of halogens is 1. The molecule has 1 heterocycles. The zero-order chi connectivity index (χ0) is 16.1. The highest BCUT2D eigenvalue weighted by Gasteiger charge is 2.20. The number of benzene rings is 1. The van der Waals surface area contributed by atoms with E-state index in [2.05, 4.69) is 10.3 Å². The topological polar surface area (TPSA) is 91.2 Å². The van der Waals surface area contributed by atoms with Crippen LogP contribution in [-0.2, 0) is 16.0 Å². The number of nitrogens with two attached hydrogens (primary N) is 1. The number of carbonyl (C=O) groups excluding carboxylic acids is 2. The number of fused-ring (bicyclic) bond motifs is 1. The molecule has 0 bridgehead atoms. The van der Waals surface area contributed by atoms with Gasteiger partial charge in [-0.3, -0.25) is 9.59 Å². The maximum atomic E-state index is 12.3. The Morgan fingerprint density at radius 2 is 2.04 bits per heavy atom. The Morgan fingerprint density at radius 3 is 2.74 bits per heavy atom. The summed E-state index contributed by atoms with van der Waals surface area (Å²) in [7, 11) is 3.24. The van der Waals surface area contributed by atoms with Crippen LogP contribution in [-0.4, -0.2) is 48.4 Å². The zero-order valence-corrected chi connectivity index (χ0v) is 14.2. The maximum absolute atomic E-state index is 12.3. The van der Waals surface area contributed by atoms with Crippen LogP contribution in [0, 0.1) is 0 Å². The van der Waals surface area contributed by atoms with E-state index in [9.17, 15) is 9.59 Å². The number of amides is 2. The molecule has 4 N–H and O–H groups in total. The summed E-state index contributed by atoms with van der Waals surface area (Å²) in [5.41, 5.74) is 8.09. The number of aromatic nitrogens is 1. The van der Waals surface area contributed by atoms with Gasteiger partial charge in [0.1, 0.15) is 0 Å². The molecule has 0 saturated carbocycles. The summed E-state index contributed by atoms with van der Waals surface area (Å²) >= 11 is 0. The Balaban J connectivity index is 0.00000264. The van der Waals surface area contributed by atoms with E-state index in [1.807, 2.05) is 30.5 Å². The molecule has 1 aromatic carbocycles. The molecular formula is C16H23ClN4O2. The molecule has 1 aromatic heterocycles. The number of hydrogen-bond acceptors (Lipinski definition) is 3. The van der Waals surface area contributed by atoms with Crippen molar-refractivity contribution in [2.24, 2.45) is 5.73 Å². The van der Waals surface area contributed by atoms with Crippen molar-refractivity contribution in [3.05, 3.63) is 36.0 Å². The molecule has 7 heteroatoms. The van der Waals surface area contributed by atoms with Crippen LogP contribution in [0.1, 0.15) is 12.0 Å². The molecule has 0 aliphatic rings. The molecule has 1 atom stereocenters. The number of carbonyl (C=O) groups is 2. The number of likely N-dealkylation sites (N-methyl/N-ethyl adjacent to an activating group) is 1. The standard InChI is InChI=1S/C16H22N4O2.ClH/c1-18-15(21)7-8-20(2)16(22)13(17)9-11-10-19-14-6-4-3-5-12(11)14;/h3-6,10,13,19H,7-9,17H2,1-2H3,(H,18,21);1H/t13-;/m0./s1. The zero-order valence-electron chi connectivity index (χ0n) is 13.3. The Morgan fingerprint density at radius 1 is 1.35 bits per heavy atom. The number of para-hydroxylation sites is 1. The molecule has 23 heavy (non-hydrogen) atoms. The van der Waals surface area contributed by atoms with Crippen molar-refractivity contribution in [3.63, 3.8) is 0 Å². The normalized spacial score (nSPS) is 11.6. The fourth-order valence-electron chi connectivity index (χ4n) is 2.41. The summed E-state index contributed by atoms with van der Waals surface area (Å²) in [6.07, 6.45) is 2.63. The van der Waals surface area contributed by atoms with Gasteiger partial charge in [0.25, 0.3) is 0 Å². The molecule has 0 aliphatic carbocycles. The summed E-state index contributed by atoms with van der Waals surface area (Å²) in [4.78, 5) is 28.2. The lowest BCUT2D eigenvalue weighted by atomic mass is 10.0. The molecular weight excluding hydrogens is 316 g/mol. The van der Waals surface area contributed by atoms with Crippen LogP contribution in [0.2, 0.25) is 0 Å². The van der Waals surface area contributed by atoms with Gasteiger partial charge in [-0.05, 0) is 18.1 Å². The number of nitrogens with zero attached hydrogens (tertiary/aromatic N) is 1. The number of nitrogens with one attached hydrogen (secondary N) is 2. The number of rotatable bonds is 6. The Hall–Kier alpha value is -2.05. The van der Waals surface area contributed by atoms with Crippen LogP contribution in [0.15, 0.2) is 30.5 Å². The smallest absolute Gasteiger partial charge is 0.239 e. The van der Waals surface area contributed by atoms with Gasteiger partial charge in [-0.25, -0.2) is 0 Å². The lowest BCUT2D eigenvalue weighted by Gasteiger charge is -2.21. The van der Waals surface area contributed by atoms with Crippen LogP contribution < -0.4 is 11.1 Å². The molecule has 0 fully saturated rings. The molecule has 0 aliphatic heterocycles. The highest BCUT2D eigenvalue weighted by atomic mass is 35.5. The van der Waals surface area contributed by atoms with Crippen molar-refractivity contribution >= 4 is 35.1 Å². The molecule has 0 radical (unpaired) electrons. The number of H-pyrrole nitrogens is 1. The van der Waals surface area contributed by atoms with Crippen molar-refractivity contribution in [3.8, 4) is 0 Å². The summed E-state index contributed by atoms with van der Waals surface area (Å²) in [5.74, 6) is -0.251. The Labute approximate surface area is 141 Å². The molecule has 0 saturated heterocycles. The molecule has 2 aromatic rings. The maximum Gasteiger partial charge on any atom is 0.239 e. The predicted molar refractivity (Wildman–Crippen MR) is 93.5 cm³/mol. The Kier molecular flexibility index (Phi) is 7.06. The molecule has 2 rings (SSSR count). The van der Waals surface area contributed by atoms with E-state index in [-0.39, 0.29) is 30.6 Å². The first-order valence-electron chi connectivity index (χ1n) is 7.29. The van der Waals surface area contributed by atoms with Gasteiger partial charge in [-0.2, -0.15) is 0 Å². The van der Waals surface area contributed by atoms with E-state index in [1.165, 1.54) is 4.90 Å². The van der Waals surface area contributed by atoms with E-state index in [0.717, 1.165) is 16.5 Å². The summed E-state index contributed by atoms with van der Waals surface area (Å²) in [6.45, 7) is 0.361. The quantitative estimate of drug-likeness (QED) is 0.735. The SMILES string of the molecule is CNC(=O)CCN(C)C(=O)[C@@H](N)Cc1c[nH]c2ccccc12.Cl. The van der Waals surface area contributed by atoms with Crippen molar-refractivity contribution in [1.29, 1.82) is 0 Å². The second-order valence-electron chi connectivity index (χ2n) is 5.35. The number of aromatic amines is 1. The molecule has 126 valence electrons. The van der Waals surface area contributed by atoms with Crippen molar-refractivity contribution in [2.75, 3.05) is 20.6 Å². The van der Waals surface area contributed by atoms with Gasteiger partial charge in [0.05, 0.1) is 6.04 Å². The van der Waals surface area contributed by atoms with Crippen LogP contribution in [0.25, 0.3) is 10.9 Å². The fourth-order valence-corrected chi connectivity index (χ4v) is 2.41. The largest absolute Gasteiger partial charge is 0.361 e. The monoisotopic (exact) mass is 338 g/mol. The minimum absolute atomic E-state index is 0. The van der Waals surface area contributed by atoms with Gasteiger partial charge in [0.2, 0.25) is 11.8 Å². The van der Waals surface area contributed by atoms with Crippen LogP contribution in [0.3, 0.4) is 0 Å². The van der Waals surface area contributed by atoms with E-state index in [0.29, 0.717) is 13.0 Å². The van der Waals surface area contributed by atoms with Crippen LogP contribution in [0.5, 0.6) is 0 Å². The second kappa shape index (κ2) is 8.55. The first-order valence-corrected chi connectivity index (χ1v) is 7.29. The third-order valence-corrected chi connectivity index (χ3v) is 3.76. The third kappa shape index (κ3) is 4.71. The minimum atomic E-state index is -0.617. The lowest BCUT2D eigenvalue weighted by Crippen LogP contribution is -2.44. The summed E-state index contributed by atoms with van der Waals surface area (Å²) in [6, 6.07) is 7.30. The summed E-state index contributed by atoms with van der Waals surface area (Å²) < 4.78 is 0. The minimum Gasteiger partial charge on any atom is -0.361 e. The summed E-state index contributed by atoms with van der Waals surface area (Å²) in [5, 5.41) is 3.61. The molecule has 0 spiro atoms. The van der Waals surface area contributed by atoms with Gasteiger partial charge in [0.15, 0.2) is 0 Å². The van der Waals surface area contributed by atoms with E-state index < -0.39 is 6.04 Å². The highest BCUT2D eigenvalue weighted by molar-refractivity contribution is 5.86. The second-order valence-corrected chi connectivity index (χ2v) is 5.35. The van der Waals surface area contributed by atoms with E-state index >= 15 is 0 Å². The molecule has 6 nitrogen and oxygen atoms in total. The van der Waals surface area contributed by atoms with Crippen molar-refractivity contribution in [1.82, 2.24) is 15.2 Å². The molecule has 0 unspecified atom stereocenters. The Bertz CT molecular complexity index is 671. The van der Waals surface area contributed by atoms with Crippen molar-refractivity contribution in [2.45, 2.75) is 18.9 Å². The average molecular weight is 339 g/mol. The molecule has 2 amide bonds. The highest BCUT2D eigenvalue weighted by Crippen LogP contribution is 2.19. The van der Waals surface area contributed by atoms with Gasteiger partial charge in [-0.15, -0.1) is 12.4 Å². The fraction of sp³-hybridized carbons (Fsp3) is 0.375. The van der Waals surface area contributed by atoms with Gasteiger partial charge >= 0.3 is 0 Å². The van der Waals surface area contributed by atoms with Crippen LogP contribution in [0.4, 0.5) is 0 Å². The van der Waals surface area contributed by atoms with Gasteiger partial charge in [-0.1, -0.05) is 18.2 Å². The van der Waals surface area contributed by atoms with E-state index in [1.54, 1.807) is 14.1 Å². The van der Waals surface area contributed by atoms with Crippen molar-refractivity contribution < 1.29 is 9.59 Å². The lowest BCUT2D eigenvalue weighted by molar-refractivity contribution is -0.131.